The van der Waals surface area contributed by atoms with Gasteiger partial charge in [-0.1, -0.05) is 35.5 Å². The first-order valence-electron chi connectivity index (χ1n) is 9.66. The molecule has 0 unspecified atom stereocenters. The predicted octanol–water partition coefficient (Wildman–Crippen LogP) is 2.73. The number of pyridine rings is 1. The quantitative estimate of drug-likeness (QED) is 0.376. The number of benzene rings is 2. The molecular formula is C22H28N4O2. The number of carbonyl (C=O) groups is 1. The van der Waals surface area contributed by atoms with E-state index in [-0.39, 0.29) is 18.9 Å². The van der Waals surface area contributed by atoms with Crippen molar-refractivity contribution in [2.45, 2.75) is 33.2 Å². The molecule has 2 aromatic carbocycles. The molecule has 148 valence electrons. The van der Waals surface area contributed by atoms with E-state index in [1.54, 1.807) is 7.05 Å². The van der Waals surface area contributed by atoms with Crippen molar-refractivity contribution in [1.29, 1.82) is 0 Å². The van der Waals surface area contributed by atoms with E-state index >= 15 is 0 Å². The second-order valence-corrected chi connectivity index (χ2v) is 6.91. The molecule has 3 rings (SSSR count). The Kier molecular flexibility index (Phi) is 6.31. The normalized spacial score (nSPS) is 11.9. The van der Waals surface area contributed by atoms with E-state index in [0.717, 1.165) is 40.1 Å². The molecule has 0 radical (unpaired) electrons. The summed E-state index contributed by atoms with van der Waals surface area (Å²) in [6.07, 6.45) is 1.17. The summed E-state index contributed by atoms with van der Waals surface area (Å²) in [4.78, 5) is 17.0. The van der Waals surface area contributed by atoms with Gasteiger partial charge in [-0.3, -0.25) is 4.79 Å². The molecule has 0 saturated heterocycles. The van der Waals surface area contributed by atoms with Crippen LogP contribution in [0.4, 0.5) is 0 Å². The molecule has 0 saturated carbocycles. The van der Waals surface area contributed by atoms with E-state index in [1.807, 2.05) is 12.1 Å². The second-order valence-electron chi connectivity index (χ2n) is 6.91. The summed E-state index contributed by atoms with van der Waals surface area (Å²) >= 11 is 0. The second kappa shape index (κ2) is 8.89. The minimum Gasteiger partial charge on any atom is -0.395 e. The molecule has 6 heteroatoms. The van der Waals surface area contributed by atoms with Crippen LogP contribution in [-0.4, -0.2) is 30.7 Å². The first kappa shape index (κ1) is 19.9. The molecule has 0 aliphatic carbocycles. The number of hydrogen-bond acceptors (Lipinski definition) is 4. The molecule has 1 amide bonds. The Morgan fingerprint density at radius 3 is 2.71 bits per heavy atom. The largest absolute Gasteiger partial charge is 0.395 e. The maximum atomic E-state index is 11.4. The number of carbonyl (C=O) groups excluding carboxylic acids is 1. The summed E-state index contributed by atoms with van der Waals surface area (Å²) in [5.74, 6) is -0.0657. The molecule has 1 heterocycles. The van der Waals surface area contributed by atoms with Gasteiger partial charge >= 0.3 is 0 Å². The van der Waals surface area contributed by atoms with Crippen molar-refractivity contribution in [3.63, 3.8) is 0 Å². The van der Waals surface area contributed by atoms with Crippen LogP contribution in [0.3, 0.4) is 0 Å². The number of nitrogens with zero attached hydrogens (tertiary/aromatic N) is 2. The molecule has 0 aliphatic rings. The van der Waals surface area contributed by atoms with Gasteiger partial charge in [-0.25, -0.2) is 0 Å². The van der Waals surface area contributed by atoms with Crippen LogP contribution in [0.1, 0.15) is 24.0 Å². The van der Waals surface area contributed by atoms with Crippen LogP contribution in [0, 0.1) is 13.8 Å². The lowest BCUT2D eigenvalue weighted by Crippen LogP contribution is -2.19. The zero-order valence-corrected chi connectivity index (χ0v) is 16.8. The van der Waals surface area contributed by atoms with E-state index in [4.69, 9.17) is 10.6 Å². The summed E-state index contributed by atoms with van der Waals surface area (Å²) in [5.41, 5.74) is 10.5. The third-order valence-corrected chi connectivity index (χ3v) is 5.12. The van der Waals surface area contributed by atoms with Gasteiger partial charge in [0.05, 0.1) is 17.5 Å². The highest BCUT2D eigenvalue weighted by Crippen LogP contribution is 2.24. The fraction of sp³-hybridized carbons (Fsp3) is 0.364. The van der Waals surface area contributed by atoms with Crippen molar-refractivity contribution in [2.75, 3.05) is 20.2 Å². The molecule has 1 aromatic heterocycles. The minimum atomic E-state index is -0.0657. The summed E-state index contributed by atoms with van der Waals surface area (Å²) in [5, 5.41) is 9.90. The van der Waals surface area contributed by atoms with Crippen LogP contribution >= 0.6 is 0 Å². The highest BCUT2D eigenvalue weighted by Gasteiger charge is 2.13. The molecule has 3 N–H and O–H groups in total. The SMILES string of the molecule is CNC(=O)CCO/N=c1\c2ccccc2n(CCCN)c2c(C)c(C)ccc12. The molecule has 0 aliphatic heterocycles. The van der Waals surface area contributed by atoms with E-state index in [9.17, 15) is 4.79 Å². The number of fused-ring (bicyclic) bond motifs is 2. The predicted molar refractivity (Wildman–Crippen MR) is 113 cm³/mol. The maximum Gasteiger partial charge on any atom is 0.223 e. The van der Waals surface area contributed by atoms with Crippen molar-refractivity contribution in [2.24, 2.45) is 10.9 Å². The molecule has 6 nitrogen and oxygen atoms in total. The lowest BCUT2D eigenvalue weighted by molar-refractivity contribution is -0.121. The fourth-order valence-electron chi connectivity index (χ4n) is 3.47. The summed E-state index contributed by atoms with van der Waals surface area (Å²) in [7, 11) is 1.61. The van der Waals surface area contributed by atoms with Gasteiger partial charge in [-0.05, 0) is 44.0 Å². The van der Waals surface area contributed by atoms with E-state index < -0.39 is 0 Å². The fourth-order valence-corrected chi connectivity index (χ4v) is 3.47. The number of para-hydroxylation sites is 1. The van der Waals surface area contributed by atoms with Gasteiger partial charge in [-0.15, -0.1) is 0 Å². The van der Waals surface area contributed by atoms with Crippen LogP contribution in [0.15, 0.2) is 41.6 Å². The molecule has 0 bridgehead atoms. The first-order valence-corrected chi connectivity index (χ1v) is 9.66. The number of aryl methyl sites for hydroxylation is 3. The Hall–Kier alpha value is -2.86. The molecule has 0 fully saturated rings. The third kappa shape index (κ3) is 3.87. The average molecular weight is 380 g/mol. The highest BCUT2D eigenvalue weighted by molar-refractivity contribution is 5.95. The summed E-state index contributed by atoms with van der Waals surface area (Å²) in [6, 6.07) is 12.4. The zero-order chi connectivity index (χ0) is 20.1. The van der Waals surface area contributed by atoms with Gasteiger partial charge in [0, 0.05) is 24.4 Å². The topological polar surface area (TPSA) is 81.6 Å². The Bertz CT molecular complexity index is 1070. The van der Waals surface area contributed by atoms with E-state index in [2.05, 4.69) is 53.2 Å². The summed E-state index contributed by atoms with van der Waals surface area (Å²) in [6.45, 7) is 5.98. The zero-order valence-electron chi connectivity index (χ0n) is 16.8. The van der Waals surface area contributed by atoms with Gasteiger partial charge in [-0.2, -0.15) is 0 Å². The van der Waals surface area contributed by atoms with Crippen molar-refractivity contribution in [1.82, 2.24) is 9.88 Å². The van der Waals surface area contributed by atoms with E-state index in [0.29, 0.717) is 6.54 Å². The van der Waals surface area contributed by atoms with Crippen molar-refractivity contribution < 1.29 is 9.63 Å². The highest BCUT2D eigenvalue weighted by atomic mass is 16.6. The molecule has 3 aromatic rings. The van der Waals surface area contributed by atoms with Gasteiger partial charge in [0.25, 0.3) is 0 Å². The Morgan fingerprint density at radius 2 is 1.96 bits per heavy atom. The van der Waals surface area contributed by atoms with Crippen molar-refractivity contribution >= 4 is 27.7 Å². The van der Waals surface area contributed by atoms with Crippen LogP contribution in [0.25, 0.3) is 21.8 Å². The maximum absolute atomic E-state index is 11.4. The van der Waals surface area contributed by atoms with Crippen LogP contribution in [0.2, 0.25) is 0 Å². The van der Waals surface area contributed by atoms with Crippen LogP contribution in [0.5, 0.6) is 0 Å². The Balaban J connectivity index is 2.24. The standard InChI is InChI=1S/C22H28N4O2/c1-15-9-10-18-21(25-28-14-11-20(27)24-3)17-7-4-5-8-19(17)26(13-6-12-23)22(18)16(15)2/h4-5,7-10H,6,11-14,23H2,1-3H3,(H,24,27)/b25-21+. The molecular weight excluding hydrogens is 352 g/mol. The van der Waals surface area contributed by atoms with Crippen molar-refractivity contribution in [3.05, 3.63) is 52.9 Å². The number of aromatic nitrogens is 1. The third-order valence-electron chi connectivity index (χ3n) is 5.12. The number of amides is 1. The minimum absolute atomic E-state index is 0.0657. The van der Waals surface area contributed by atoms with Gasteiger partial charge in [0.1, 0.15) is 12.0 Å². The molecule has 0 spiro atoms. The van der Waals surface area contributed by atoms with Gasteiger partial charge in [0.2, 0.25) is 5.91 Å². The first-order chi connectivity index (χ1) is 13.6. The Labute approximate surface area is 165 Å². The van der Waals surface area contributed by atoms with Crippen LogP contribution in [-0.2, 0) is 16.2 Å². The van der Waals surface area contributed by atoms with Crippen LogP contribution < -0.4 is 16.4 Å². The molecule has 28 heavy (non-hydrogen) atoms. The number of hydrogen-bond donors (Lipinski definition) is 2. The van der Waals surface area contributed by atoms with Gasteiger partial charge < -0.3 is 20.5 Å². The number of nitrogens with one attached hydrogen (secondary N) is 1. The van der Waals surface area contributed by atoms with Gasteiger partial charge in [0.15, 0.2) is 0 Å². The monoisotopic (exact) mass is 380 g/mol. The lowest BCUT2D eigenvalue weighted by Gasteiger charge is -2.18. The summed E-state index contributed by atoms with van der Waals surface area (Å²) < 4.78 is 2.34. The van der Waals surface area contributed by atoms with Crippen molar-refractivity contribution in [3.8, 4) is 0 Å². The number of rotatable bonds is 7. The van der Waals surface area contributed by atoms with E-state index in [1.165, 1.54) is 11.1 Å². The molecule has 0 atom stereocenters. The average Bonchev–Trinajstić information content (AvgIpc) is 2.72. The lowest BCUT2D eigenvalue weighted by atomic mass is 10.0. The smallest absolute Gasteiger partial charge is 0.223 e. The number of nitrogens with two attached hydrogens (primary N) is 1. The Morgan fingerprint density at radius 1 is 1.18 bits per heavy atom.